The first-order chi connectivity index (χ1) is 13.6. The predicted molar refractivity (Wildman–Crippen MR) is 79.3 cm³/mol. The number of aromatic amines is 1. The highest BCUT2D eigenvalue weighted by Crippen LogP contribution is 2.61. The molecule has 0 atom stereocenters. The van der Waals surface area contributed by atoms with Crippen molar-refractivity contribution in [3.05, 3.63) is 45.2 Å². The molecular weight excluding hydrogens is 493 g/mol. The Kier molecular flexibility index (Phi) is 5.58. The van der Waals surface area contributed by atoms with Gasteiger partial charge in [0.15, 0.2) is 5.43 Å². The first kappa shape index (κ1) is 25.1. The Balaban J connectivity index is 2.71. The first-order valence-electron chi connectivity index (χ1n) is 7.42. The summed E-state index contributed by atoms with van der Waals surface area (Å²) in [5.41, 5.74) is -4.75. The maximum atomic E-state index is 14.1. The fourth-order valence-electron chi connectivity index (χ4n) is 2.33. The van der Waals surface area contributed by atoms with Crippen LogP contribution in [0, 0.1) is 0 Å². The Hall–Kier alpha value is -2.19. The van der Waals surface area contributed by atoms with Crippen molar-refractivity contribution in [2.75, 3.05) is 0 Å². The van der Waals surface area contributed by atoms with E-state index in [0.29, 0.717) is 0 Å². The molecule has 174 valence electrons. The molecule has 0 aliphatic rings. The van der Waals surface area contributed by atoms with E-state index >= 15 is 0 Å². The van der Waals surface area contributed by atoms with Crippen LogP contribution in [-0.2, 0) is 5.92 Å². The highest BCUT2D eigenvalue weighted by atomic mass is 35.5. The van der Waals surface area contributed by atoms with Crippen LogP contribution in [0.4, 0.5) is 57.1 Å². The van der Waals surface area contributed by atoms with Gasteiger partial charge < -0.3 is 4.98 Å². The van der Waals surface area contributed by atoms with E-state index in [1.807, 2.05) is 0 Å². The van der Waals surface area contributed by atoms with Crippen molar-refractivity contribution in [1.29, 1.82) is 0 Å². The first-order valence-corrected chi connectivity index (χ1v) is 7.79. The molecule has 2 rings (SSSR count). The summed E-state index contributed by atoms with van der Waals surface area (Å²) < 4.78 is 172. The molecule has 0 saturated carbocycles. The molecule has 0 aliphatic heterocycles. The van der Waals surface area contributed by atoms with Crippen LogP contribution in [0.15, 0.2) is 29.1 Å². The van der Waals surface area contributed by atoms with Crippen LogP contribution in [0.25, 0.3) is 10.9 Å². The van der Waals surface area contributed by atoms with Gasteiger partial charge in [0.2, 0.25) is 0 Å². The molecule has 1 aromatic heterocycles. The number of hydrogen-bond donors (Lipinski definition) is 1. The molecule has 0 saturated heterocycles. The Morgan fingerprint density at radius 2 is 1.16 bits per heavy atom. The average Bonchev–Trinajstić information content (AvgIpc) is 2.60. The number of pyridine rings is 1. The zero-order valence-electron chi connectivity index (χ0n) is 14.0. The van der Waals surface area contributed by atoms with Gasteiger partial charge in [-0.25, -0.2) is 0 Å². The molecule has 0 amide bonds. The van der Waals surface area contributed by atoms with Crippen LogP contribution in [0.2, 0.25) is 5.02 Å². The number of nitrogens with one attached hydrogen (secondary N) is 1. The molecule has 16 heteroatoms. The quantitative estimate of drug-likeness (QED) is 0.478. The summed E-state index contributed by atoms with van der Waals surface area (Å²) in [5.74, 6) is -37.9. The molecular formula is C15H5ClF13NO. The number of fused-ring (bicyclic) bond motifs is 1. The summed E-state index contributed by atoms with van der Waals surface area (Å²) in [6.45, 7) is 0. The minimum Gasteiger partial charge on any atom is -0.353 e. The lowest BCUT2D eigenvalue weighted by molar-refractivity contribution is -0.442. The summed E-state index contributed by atoms with van der Waals surface area (Å²) in [6.07, 6.45) is -7.50. The lowest BCUT2D eigenvalue weighted by atomic mass is 9.92. The third-order valence-electron chi connectivity index (χ3n) is 4.06. The minimum atomic E-state index is -8.02. The predicted octanol–water partition coefficient (Wildman–Crippen LogP) is 6.38. The van der Waals surface area contributed by atoms with Crippen LogP contribution in [0.5, 0.6) is 0 Å². The number of alkyl halides is 13. The molecule has 2 nitrogen and oxygen atoms in total. The molecule has 0 fully saturated rings. The zero-order valence-corrected chi connectivity index (χ0v) is 14.8. The molecule has 0 spiro atoms. The Morgan fingerprint density at radius 1 is 0.677 bits per heavy atom. The molecule has 2 aromatic rings. The molecule has 0 unspecified atom stereocenters. The summed E-state index contributed by atoms with van der Waals surface area (Å²) in [7, 11) is 0. The van der Waals surface area contributed by atoms with Crippen molar-refractivity contribution >= 4 is 22.5 Å². The average molecular weight is 498 g/mol. The Morgan fingerprint density at radius 3 is 1.65 bits per heavy atom. The molecule has 1 aromatic carbocycles. The minimum absolute atomic E-state index is 0.164. The van der Waals surface area contributed by atoms with E-state index in [0.717, 1.165) is 18.2 Å². The maximum Gasteiger partial charge on any atom is 0.460 e. The molecule has 1 heterocycles. The Labute approximate surface area is 166 Å². The summed E-state index contributed by atoms with van der Waals surface area (Å²) in [4.78, 5) is 13.2. The lowest BCUT2D eigenvalue weighted by Crippen LogP contribution is -2.69. The van der Waals surface area contributed by atoms with Crippen molar-refractivity contribution in [2.24, 2.45) is 0 Å². The largest absolute Gasteiger partial charge is 0.460 e. The van der Waals surface area contributed by atoms with E-state index in [-0.39, 0.29) is 5.02 Å². The van der Waals surface area contributed by atoms with Crippen molar-refractivity contribution in [1.82, 2.24) is 4.98 Å². The van der Waals surface area contributed by atoms with Crippen LogP contribution >= 0.6 is 11.6 Å². The Bertz CT molecular complexity index is 1060. The van der Waals surface area contributed by atoms with Gasteiger partial charge in [-0.3, -0.25) is 4.79 Å². The molecule has 0 bridgehead atoms. The SMILES string of the molecule is O=c1cc(C(F)(F)C(F)(F)C(F)(F)C(F)(F)C(F)(F)C(F)(F)F)[nH]c2ccc(Cl)cc12. The van der Waals surface area contributed by atoms with Gasteiger partial charge in [0.25, 0.3) is 0 Å². The second-order valence-electron chi connectivity index (χ2n) is 6.11. The highest BCUT2D eigenvalue weighted by Gasteiger charge is 2.91. The molecule has 0 aliphatic carbocycles. The van der Waals surface area contributed by atoms with Gasteiger partial charge in [-0.15, -0.1) is 0 Å². The van der Waals surface area contributed by atoms with Crippen LogP contribution in [0.3, 0.4) is 0 Å². The van der Waals surface area contributed by atoms with Crippen molar-refractivity contribution in [3.63, 3.8) is 0 Å². The van der Waals surface area contributed by atoms with Crippen molar-refractivity contribution in [2.45, 2.75) is 35.8 Å². The summed E-state index contributed by atoms with van der Waals surface area (Å²) >= 11 is 5.52. The van der Waals surface area contributed by atoms with Crippen LogP contribution < -0.4 is 5.43 Å². The third kappa shape index (κ3) is 3.40. The highest BCUT2D eigenvalue weighted by molar-refractivity contribution is 6.31. The summed E-state index contributed by atoms with van der Waals surface area (Å²) in [6, 6.07) is 2.01. The smallest absolute Gasteiger partial charge is 0.353 e. The number of H-pyrrole nitrogens is 1. The van der Waals surface area contributed by atoms with E-state index in [9.17, 15) is 61.9 Å². The molecule has 31 heavy (non-hydrogen) atoms. The van der Waals surface area contributed by atoms with Gasteiger partial charge >= 0.3 is 35.8 Å². The van der Waals surface area contributed by atoms with E-state index in [2.05, 4.69) is 0 Å². The van der Waals surface area contributed by atoms with Crippen LogP contribution in [0.1, 0.15) is 5.69 Å². The van der Waals surface area contributed by atoms with Crippen LogP contribution in [-0.4, -0.2) is 34.9 Å². The van der Waals surface area contributed by atoms with Gasteiger partial charge in [0.1, 0.15) is 0 Å². The van der Waals surface area contributed by atoms with E-state index in [1.54, 1.807) is 0 Å². The lowest BCUT2D eigenvalue weighted by Gasteiger charge is -2.39. The van der Waals surface area contributed by atoms with Gasteiger partial charge in [0, 0.05) is 22.0 Å². The number of hydrogen-bond acceptors (Lipinski definition) is 1. The second kappa shape index (κ2) is 6.90. The molecule has 1 N–H and O–H groups in total. The van der Waals surface area contributed by atoms with Gasteiger partial charge in [-0.1, -0.05) is 11.6 Å². The third-order valence-corrected chi connectivity index (χ3v) is 4.30. The van der Waals surface area contributed by atoms with Gasteiger partial charge in [-0.05, 0) is 18.2 Å². The number of aromatic nitrogens is 1. The van der Waals surface area contributed by atoms with Gasteiger partial charge in [0.05, 0.1) is 5.69 Å². The van der Waals surface area contributed by atoms with Crippen molar-refractivity contribution < 1.29 is 57.1 Å². The number of halogens is 14. The fourth-order valence-corrected chi connectivity index (χ4v) is 2.50. The number of rotatable bonds is 5. The fraction of sp³-hybridized carbons (Fsp3) is 0.400. The zero-order chi connectivity index (χ0) is 24.4. The van der Waals surface area contributed by atoms with E-state index in [1.165, 1.54) is 4.98 Å². The van der Waals surface area contributed by atoms with Gasteiger partial charge in [-0.2, -0.15) is 57.1 Å². The maximum absolute atomic E-state index is 14.1. The standard InChI is InChI=1S/C15H5ClF13NO/c16-5-1-2-7-6(3-5)8(31)4-9(30-7)10(17,18)11(19,20)12(21,22)13(23,24)14(25,26)15(27,28)29/h1-4H,(H,30,31). The van der Waals surface area contributed by atoms with E-state index < -0.39 is 63.9 Å². The summed E-state index contributed by atoms with van der Waals surface area (Å²) in [5, 5.41) is -0.709. The monoisotopic (exact) mass is 497 g/mol. The molecule has 0 radical (unpaired) electrons. The normalized spacial score (nSPS) is 14.9. The number of benzene rings is 1. The van der Waals surface area contributed by atoms with Crippen molar-refractivity contribution in [3.8, 4) is 0 Å². The second-order valence-corrected chi connectivity index (χ2v) is 6.54. The topological polar surface area (TPSA) is 32.9 Å². The van der Waals surface area contributed by atoms with E-state index in [4.69, 9.17) is 11.6 Å².